The number of amides is 2. The zero-order valence-corrected chi connectivity index (χ0v) is 18.0. The highest BCUT2D eigenvalue weighted by molar-refractivity contribution is 6.05. The van der Waals surface area contributed by atoms with Crippen molar-refractivity contribution in [1.29, 1.82) is 0 Å². The summed E-state index contributed by atoms with van der Waals surface area (Å²) in [5.74, 6) is 0.476. The Kier molecular flexibility index (Phi) is 7.46. The molecule has 1 fully saturated rings. The molecule has 30 heavy (non-hydrogen) atoms. The molecule has 0 spiro atoms. The Bertz CT molecular complexity index is 858. The van der Waals surface area contributed by atoms with E-state index in [1.165, 1.54) is 0 Å². The second-order valence-corrected chi connectivity index (χ2v) is 7.98. The summed E-state index contributed by atoms with van der Waals surface area (Å²) < 4.78 is 6.05. The van der Waals surface area contributed by atoms with E-state index >= 15 is 0 Å². The molecule has 1 heterocycles. The van der Waals surface area contributed by atoms with Crippen LogP contribution in [0.2, 0.25) is 0 Å². The van der Waals surface area contributed by atoms with E-state index in [9.17, 15) is 9.59 Å². The molecule has 6 nitrogen and oxygen atoms in total. The normalized spacial score (nSPS) is 16.0. The Morgan fingerprint density at radius 3 is 2.43 bits per heavy atom. The fourth-order valence-corrected chi connectivity index (χ4v) is 3.30. The van der Waals surface area contributed by atoms with Crippen molar-refractivity contribution in [2.24, 2.45) is 5.92 Å². The van der Waals surface area contributed by atoms with E-state index < -0.39 is 0 Å². The molecule has 1 aliphatic heterocycles. The van der Waals surface area contributed by atoms with E-state index in [-0.39, 0.29) is 23.8 Å². The second-order valence-electron chi connectivity index (χ2n) is 7.98. The van der Waals surface area contributed by atoms with Gasteiger partial charge in [0.1, 0.15) is 11.9 Å². The summed E-state index contributed by atoms with van der Waals surface area (Å²) in [7, 11) is 2.13. The molecule has 6 heteroatoms. The minimum atomic E-state index is -0.223. The van der Waals surface area contributed by atoms with Gasteiger partial charge in [0.25, 0.3) is 5.91 Å². The summed E-state index contributed by atoms with van der Waals surface area (Å²) in [6, 6.07) is 14.4. The van der Waals surface area contributed by atoms with Crippen molar-refractivity contribution in [3.8, 4) is 5.75 Å². The molecule has 3 rings (SSSR count). The SMILES string of the molecule is CCC(C)C(=O)Nc1cccc(C(=O)Nc2ccc(OC3CCN(C)CC3)cc2)c1. The van der Waals surface area contributed by atoms with E-state index in [1.54, 1.807) is 24.3 Å². The van der Waals surface area contributed by atoms with E-state index in [4.69, 9.17) is 4.74 Å². The maximum Gasteiger partial charge on any atom is 0.255 e. The van der Waals surface area contributed by atoms with Gasteiger partial charge in [-0.25, -0.2) is 0 Å². The van der Waals surface area contributed by atoms with Crippen LogP contribution in [0.15, 0.2) is 48.5 Å². The van der Waals surface area contributed by atoms with Gasteiger partial charge < -0.3 is 20.3 Å². The third-order valence-electron chi connectivity index (χ3n) is 5.53. The van der Waals surface area contributed by atoms with Crippen LogP contribution in [-0.2, 0) is 4.79 Å². The number of nitrogens with one attached hydrogen (secondary N) is 2. The minimum absolute atomic E-state index is 0.0461. The van der Waals surface area contributed by atoms with Gasteiger partial charge in [-0.2, -0.15) is 0 Å². The zero-order chi connectivity index (χ0) is 21.5. The molecule has 160 valence electrons. The van der Waals surface area contributed by atoms with Gasteiger partial charge in [0.2, 0.25) is 5.91 Å². The Hall–Kier alpha value is -2.86. The van der Waals surface area contributed by atoms with E-state index in [1.807, 2.05) is 38.1 Å². The molecule has 1 unspecified atom stereocenters. The van der Waals surface area contributed by atoms with Crippen molar-refractivity contribution < 1.29 is 14.3 Å². The molecule has 1 saturated heterocycles. The number of anilines is 2. The second kappa shape index (κ2) is 10.3. The molecule has 2 aromatic rings. The predicted octanol–water partition coefficient (Wildman–Crippen LogP) is 4.40. The average Bonchev–Trinajstić information content (AvgIpc) is 2.76. The Morgan fingerprint density at radius 2 is 1.77 bits per heavy atom. The summed E-state index contributed by atoms with van der Waals surface area (Å²) in [5, 5.41) is 5.76. The van der Waals surface area contributed by atoms with Gasteiger partial charge in [0.05, 0.1) is 0 Å². The smallest absolute Gasteiger partial charge is 0.255 e. The van der Waals surface area contributed by atoms with Crippen LogP contribution in [0.5, 0.6) is 5.75 Å². The first-order chi connectivity index (χ1) is 14.4. The summed E-state index contributed by atoms with van der Waals surface area (Å²) in [4.78, 5) is 27.0. The quantitative estimate of drug-likeness (QED) is 0.711. The van der Waals surface area contributed by atoms with E-state index in [0.717, 1.165) is 38.1 Å². The van der Waals surface area contributed by atoms with Gasteiger partial charge in [0, 0.05) is 35.9 Å². The fraction of sp³-hybridized carbons (Fsp3) is 0.417. The van der Waals surface area contributed by atoms with Crippen molar-refractivity contribution in [3.05, 3.63) is 54.1 Å². The molecular formula is C24H31N3O3. The van der Waals surface area contributed by atoms with Crippen LogP contribution in [0.3, 0.4) is 0 Å². The summed E-state index contributed by atoms with van der Waals surface area (Å²) >= 11 is 0. The minimum Gasteiger partial charge on any atom is -0.490 e. The van der Waals surface area contributed by atoms with Crippen LogP contribution in [0, 0.1) is 5.92 Å². The monoisotopic (exact) mass is 409 g/mol. The molecule has 2 N–H and O–H groups in total. The van der Waals surface area contributed by atoms with Crippen molar-refractivity contribution in [3.63, 3.8) is 0 Å². The highest BCUT2D eigenvalue weighted by Gasteiger charge is 2.18. The fourth-order valence-electron chi connectivity index (χ4n) is 3.30. The lowest BCUT2D eigenvalue weighted by Gasteiger charge is -2.29. The lowest BCUT2D eigenvalue weighted by molar-refractivity contribution is -0.119. The van der Waals surface area contributed by atoms with Crippen molar-refractivity contribution >= 4 is 23.2 Å². The number of rotatable bonds is 7. The topological polar surface area (TPSA) is 70.7 Å². The summed E-state index contributed by atoms with van der Waals surface area (Å²) in [5.41, 5.74) is 1.81. The Balaban J connectivity index is 1.56. The maximum absolute atomic E-state index is 12.6. The number of carbonyl (C=O) groups excluding carboxylic acids is 2. The van der Waals surface area contributed by atoms with Crippen LogP contribution in [0.4, 0.5) is 11.4 Å². The number of nitrogens with zero attached hydrogens (tertiary/aromatic N) is 1. The third-order valence-corrected chi connectivity index (χ3v) is 5.53. The van der Waals surface area contributed by atoms with Gasteiger partial charge in [-0.3, -0.25) is 9.59 Å². The lowest BCUT2D eigenvalue weighted by Crippen LogP contribution is -2.35. The van der Waals surface area contributed by atoms with Crippen LogP contribution in [0.25, 0.3) is 0 Å². The molecule has 2 amide bonds. The first-order valence-electron chi connectivity index (χ1n) is 10.6. The number of hydrogen-bond donors (Lipinski definition) is 2. The Labute approximate surface area is 178 Å². The van der Waals surface area contributed by atoms with E-state index in [2.05, 4.69) is 22.6 Å². The standard InChI is InChI=1S/C24H31N3O3/c1-4-17(2)23(28)26-20-7-5-6-18(16-20)24(29)25-19-8-10-21(11-9-19)30-22-12-14-27(3)15-13-22/h5-11,16-17,22H,4,12-15H2,1-3H3,(H,25,29)(H,26,28). The van der Waals surface area contributed by atoms with Crippen LogP contribution >= 0.6 is 0 Å². The lowest BCUT2D eigenvalue weighted by atomic mass is 10.1. The number of likely N-dealkylation sites (tertiary alicyclic amines) is 1. The number of carbonyl (C=O) groups is 2. The first-order valence-corrected chi connectivity index (χ1v) is 10.6. The number of ether oxygens (including phenoxy) is 1. The highest BCUT2D eigenvalue weighted by atomic mass is 16.5. The Morgan fingerprint density at radius 1 is 1.07 bits per heavy atom. The number of benzene rings is 2. The van der Waals surface area contributed by atoms with Crippen LogP contribution in [0.1, 0.15) is 43.5 Å². The number of hydrogen-bond acceptors (Lipinski definition) is 4. The molecule has 0 aromatic heterocycles. The van der Waals surface area contributed by atoms with Crippen LogP contribution in [-0.4, -0.2) is 43.0 Å². The van der Waals surface area contributed by atoms with Crippen LogP contribution < -0.4 is 15.4 Å². The van der Waals surface area contributed by atoms with Crippen molar-refractivity contribution in [2.75, 3.05) is 30.8 Å². The predicted molar refractivity (Wildman–Crippen MR) is 120 cm³/mol. The first kappa shape index (κ1) is 21.8. The van der Waals surface area contributed by atoms with Gasteiger partial charge in [-0.05, 0) is 68.8 Å². The molecule has 0 radical (unpaired) electrons. The molecule has 0 saturated carbocycles. The van der Waals surface area contributed by atoms with Crippen molar-refractivity contribution in [1.82, 2.24) is 4.90 Å². The van der Waals surface area contributed by atoms with Gasteiger partial charge in [-0.1, -0.05) is 19.9 Å². The highest BCUT2D eigenvalue weighted by Crippen LogP contribution is 2.21. The third kappa shape index (κ3) is 6.07. The molecule has 1 aliphatic rings. The maximum atomic E-state index is 12.6. The molecular weight excluding hydrogens is 378 g/mol. The van der Waals surface area contributed by atoms with Gasteiger partial charge in [0.15, 0.2) is 0 Å². The average molecular weight is 410 g/mol. The summed E-state index contributed by atoms with van der Waals surface area (Å²) in [6.07, 6.45) is 3.07. The van der Waals surface area contributed by atoms with E-state index in [0.29, 0.717) is 16.9 Å². The molecule has 2 aromatic carbocycles. The van der Waals surface area contributed by atoms with Crippen molar-refractivity contribution in [2.45, 2.75) is 39.2 Å². The summed E-state index contributed by atoms with van der Waals surface area (Å²) in [6.45, 7) is 5.95. The zero-order valence-electron chi connectivity index (χ0n) is 18.0. The molecule has 1 atom stereocenters. The molecule has 0 aliphatic carbocycles. The van der Waals surface area contributed by atoms with Gasteiger partial charge >= 0.3 is 0 Å². The largest absolute Gasteiger partial charge is 0.490 e. The van der Waals surface area contributed by atoms with Gasteiger partial charge in [-0.15, -0.1) is 0 Å². The molecule has 0 bridgehead atoms. The number of piperidine rings is 1.